The second kappa shape index (κ2) is 14.5. The Morgan fingerprint density at radius 3 is 1.74 bits per heavy atom. The molecule has 2 unspecified atom stereocenters. The first kappa shape index (κ1) is 28.5. The van der Waals surface area contributed by atoms with Gasteiger partial charge in [0.15, 0.2) is 29.1 Å². The molecule has 2 rings (SSSR count). The molecule has 0 aliphatic heterocycles. The molecule has 0 radical (unpaired) electrons. The highest BCUT2D eigenvalue weighted by Crippen LogP contribution is 2.04. The van der Waals surface area contributed by atoms with E-state index in [1.807, 2.05) is 0 Å². The van der Waals surface area contributed by atoms with Gasteiger partial charge in [0.2, 0.25) is 5.69 Å². The van der Waals surface area contributed by atoms with Gasteiger partial charge in [0, 0.05) is 35.8 Å². The number of aliphatic hydroxyl groups is 1. The summed E-state index contributed by atoms with van der Waals surface area (Å²) in [5.41, 5.74) is -1.25. The molecule has 1 N–H and O–H groups in total. The van der Waals surface area contributed by atoms with Crippen molar-refractivity contribution in [3.63, 3.8) is 0 Å². The summed E-state index contributed by atoms with van der Waals surface area (Å²) in [5.74, 6) is 0. The van der Waals surface area contributed by atoms with E-state index < -0.39 is 22.7 Å². The van der Waals surface area contributed by atoms with Crippen LogP contribution in [0.15, 0.2) is 9.26 Å². The van der Waals surface area contributed by atoms with Crippen molar-refractivity contribution in [3.8, 4) is 0 Å². The Kier molecular flexibility index (Phi) is 13.3. The lowest BCUT2D eigenvalue weighted by Crippen LogP contribution is -2.26. The molecule has 31 heavy (non-hydrogen) atoms. The zero-order valence-corrected chi connectivity index (χ0v) is 18.9. The molecule has 0 aliphatic carbocycles. The average Bonchev–Trinajstić information content (AvgIpc) is 3.15. The van der Waals surface area contributed by atoms with Gasteiger partial charge in [0.25, 0.3) is 5.69 Å². The highest BCUT2D eigenvalue weighted by molar-refractivity contribution is 6.61. The van der Waals surface area contributed by atoms with Crippen molar-refractivity contribution in [2.24, 2.45) is 0 Å². The number of carbonyl (C=O) groups excluding carboxylic acids is 2. The molecule has 0 amide bonds. The van der Waals surface area contributed by atoms with E-state index in [4.69, 9.17) is 39.9 Å². The van der Waals surface area contributed by atoms with Crippen molar-refractivity contribution in [1.29, 1.82) is 0 Å². The minimum absolute atomic E-state index is 0.201. The Balaban J connectivity index is 0.000000479. The van der Waals surface area contributed by atoms with Gasteiger partial charge in [-0.3, -0.25) is 9.26 Å². The number of rotatable bonds is 5. The number of ether oxygens (including phenoxy) is 3. The maximum Gasteiger partial charge on any atom is 0.510 e. The SMILES string of the molecule is CC(Cl)OC(=O)Cl.Cc1c(CO)no[n+]1[O-].Cc1c(COC(=O)OC(C)Cl)no[n+]1[O-]. The number of alkyl halides is 2. The van der Waals surface area contributed by atoms with Crippen LogP contribution in [-0.2, 0) is 27.4 Å². The molecule has 0 aromatic carbocycles. The summed E-state index contributed by atoms with van der Waals surface area (Å²) in [6, 6.07) is 0. The Labute approximate surface area is 190 Å². The van der Waals surface area contributed by atoms with E-state index in [2.05, 4.69) is 33.8 Å². The lowest BCUT2D eigenvalue weighted by Gasteiger charge is -2.04. The summed E-state index contributed by atoms with van der Waals surface area (Å²) >= 11 is 15.3. The molecule has 0 bridgehead atoms. The van der Waals surface area contributed by atoms with Crippen LogP contribution in [0.25, 0.3) is 0 Å². The largest absolute Gasteiger partial charge is 0.510 e. The van der Waals surface area contributed by atoms with E-state index in [1.165, 1.54) is 27.7 Å². The second-order valence-corrected chi connectivity index (χ2v) is 6.72. The van der Waals surface area contributed by atoms with Crippen LogP contribution in [0.2, 0.25) is 0 Å². The Morgan fingerprint density at radius 1 is 1.03 bits per heavy atom. The van der Waals surface area contributed by atoms with Gasteiger partial charge in [-0.05, 0) is 23.7 Å². The van der Waals surface area contributed by atoms with Gasteiger partial charge in [0.05, 0.1) is 0 Å². The monoisotopic (exact) mass is 508 g/mol. The van der Waals surface area contributed by atoms with E-state index in [9.17, 15) is 20.0 Å². The molecule has 0 saturated heterocycles. The molecule has 0 fully saturated rings. The molecule has 2 aromatic rings. The standard InChI is InChI=1S/C7H9ClN2O5.C4H6N2O3.C3H4Cl2O2/c1-4-6(9-15-10(4)12)3-13-7(11)14-5(2)8;1-3-4(2-7)5-9-6(3)8;1-2(4)7-3(5)6/h5H,3H2,1-2H3;7H,2H2,1H3;2H,1H3. The van der Waals surface area contributed by atoms with E-state index in [-0.39, 0.29) is 40.1 Å². The summed E-state index contributed by atoms with van der Waals surface area (Å²) in [6.45, 7) is 5.52. The Bertz CT molecular complexity index is 827. The van der Waals surface area contributed by atoms with Crippen LogP contribution >= 0.6 is 34.8 Å². The summed E-state index contributed by atoms with van der Waals surface area (Å²) in [4.78, 5) is 21.1. The van der Waals surface area contributed by atoms with Gasteiger partial charge >= 0.3 is 11.6 Å². The van der Waals surface area contributed by atoms with Crippen molar-refractivity contribution in [1.82, 2.24) is 10.3 Å². The number of aliphatic hydroxyl groups excluding tert-OH is 1. The van der Waals surface area contributed by atoms with Crippen LogP contribution in [0.5, 0.6) is 0 Å². The maximum atomic E-state index is 10.9. The van der Waals surface area contributed by atoms with Crippen LogP contribution in [0.1, 0.15) is 36.6 Å². The predicted molar refractivity (Wildman–Crippen MR) is 101 cm³/mol. The third-order valence-corrected chi connectivity index (χ3v) is 3.09. The van der Waals surface area contributed by atoms with Crippen LogP contribution in [0.3, 0.4) is 0 Å². The van der Waals surface area contributed by atoms with Crippen molar-refractivity contribution < 1.29 is 48.0 Å². The van der Waals surface area contributed by atoms with Gasteiger partial charge in [-0.1, -0.05) is 23.2 Å². The van der Waals surface area contributed by atoms with Crippen LogP contribution < -0.4 is 9.81 Å². The fourth-order valence-corrected chi connectivity index (χ4v) is 1.67. The van der Waals surface area contributed by atoms with Gasteiger partial charge in [-0.15, -0.1) is 0 Å². The van der Waals surface area contributed by atoms with E-state index >= 15 is 0 Å². The number of nitrogens with zero attached hydrogens (tertiary/aromatic N) is 4. The van der Waals surface area contributed by atoms with Gasteiger partial charge < -0.3 is 29.7 Å². The summed E-state index contributed by atoms with van der Waals surface area (Å²) < 4.78 is 21.6. The first-order valence-electron chi connectivity index (χ1n) is 8.07. The summed E-state index contributed by atoms with van der Waals surface area (Å²) in [6.07, 6.45) is -0.933. The minimum Gasteiger partial charge on any atom is -0.434 e. The quantitative estimate of drug-likeness (QED) is 0.267. The molecule has 0 spiro atoms. The van der Waals surface area contributed by atoms with Crippen molar-refractivity contribution in [2.75, 3.05) is 0 Å². The third kappa shape index (κ3) is 12.0. The smallest absolute Gasteiger partial charge is 0.434 e. The van der Waals surface area contributed by atoms with Crippen LogP contribution in [0.4, 0.5) is 9.59 Å². The number of carbonyl (C=O) groups is 2. The molecular weight excluding hydrogens is 491 g/mol. The topological polar surface area (TPSA) is 188 Å². The van der Waals surface area contributed by atoms with Crippen LogP contribution in [-0.4, -0.2) is 38.1 Å². The molecule has 2 heterocycles. The number of hydrogen-bond acceptors (Lipinski definition) is 12. The number of halogens is 3. The molecule has 14 nitrogen and oxygen atoms in total. The van der Waals surface area contributed by atoms with Crippen molar-refractivity contribution in [3.05, 3.63) is 33.2 Å². The van der Waals surface area contributed by atoms with Gasteiger partial charge in [0.1, 0.15) is 6.61 Å². The zero-order valence-electron chi connectivity index (χ0n) is 16.6. The van der Waals surface area contributed by atoms with E-state index in [0.29, 0.717) is 5.69 Å². The Hall–Kier alpha value is -2.55. The minimum atomic E-state index is -0.933. The van der Waals surface area contributed by atoms with Crippen LogP contribution in [0, 0.1) is 24.3 Å². The normalized spacial score (nSPS) is 11.7. The highest BCUT2D eigenvalue weighted by Gasteiger charge is 2.17. The van der Waals surface area contributed by atoms with Gasteiger partial charge in [-0.25, -0.2) is 9.59 Å². The van der Waals surface area contributed by atoms with E-state index in [1.54, 1.807) is 0 Å². The highest BCUT2D eigenvalue weighted by atomic mass is 35.5. The van der Waals surface area contributed by atoms with E-state index in [0.717, 1.165) is 0 Å². The third-order valence-electron chi connectivity index (χ3n) is 2.82. The first-order chi connectivity index (χ1) is 14.4. The molecule has 2 aromatic heterocycles. The molecular formula is C14H19Cl3N4O10. The number of hydrogen-bond donors (Lipinski definition) is 1. The molecule has 17 heteroatoms. The predicted octanol–water partition coefficient (Wildman–Crippen LogP) is 1.91. The Morgan fingerprint density at radius 2 is 1.48 bits per heavy atom. The van der Waals surface area contributed by atoms with Crippen molar-refractivity contribution >= 4 is 46.4 Å². The molecule has 176 valence electrons. The first-order valence-corrected chi connectivity index (χ1v) is 9.32. The van der Waals surface area contributed by atoms with Gasteiger partial charge in [-0.2, -0.15) is 0 Å². The summed E-state index contributed by atoms with van der Waals surface area (Å²) in [5, 5.41) is 36.2. The lowest BCUT2D eigenvalue weighted by molar-refractivity contribution is -0.807. The fourth-order valence-electron chi connectivity index (χ4n) is 1.33. The summed E-state index contributed by atoms with van der Waals surface area (Å²) in [7, 11) is 0. The number of aromatic nitrogens is 4. The zero-order chi connectivity index (χ0) is 24.1. The molecule has 2 atom stereocenters. The maximum absolute atomic E-state index is 10.9. The molecule has 0 saturated carbocycles. The molecule has 0 aliphatic rings. The lowest BCUT2D eigenvalue weighted by atomic mass is 10.4. The average molecular weight is 510 g/mol. The second-order valence-electron chi connectivity index (χ2n) is 5.18. The fraction of sp³-hybridized carbons (Fsp3) is 0.571. The van der Waals surface area contributed by atoms with Crippen molar-refractivity contribution in [2.45, 2.75) is 52.0 Å².